The second-order valence-electron chi connectivity index (χ2n) is 3.65. The summed E-state index contributed by atoms with van der Waals surface area (Å²) < 4.78 is 25.8. The second-order valence-corrected chi connectivity index (χ2v) is 3.65. The number of aliphatic imine (C=N–C) groups is 1. The first-order valence-electron chi connectivity index (χ1n) is 5.04. The third-order valence-corrected chi connectivity index (χ3v) is 2.03. The average Bonchev–Trinajstić information content (AvgIpc) is 2.28. The molecule has 0 bridgehead atoms. The van der Waals surface area contributed by atoms with E-state index < -0.39 is 11.6 Å². The fourth-order valence-electron chi connectivity index (χ4n) is 1.20. The third-order valence-electron chi connectivity index (χ3n) is 2.03. The van der Waals surface area contributed by atoms with Crippen LogP contribution in [0.1, 0.15) is 12.5 Å². The summed E-state index contributed by atoms with van der Waals surface area (Å²) in [4.78, 5) is 3.76. The molecule has 0 aliphatic carbocycles. The summed E-state index contributed by atoms with van der Waals surface area (Å²) in [6, 6.07) is 3.59. The van der Waals surface area contributed by atoms with Gasteiger partial charge in [-0.2, -0.15) is 0 Å². The topological polar surface area (TPSA) is 24.4 Å². The first-order valence-corrected chi connectivity index (χ1v) is 5.04. The molecular formula is C13H14F2N2. The highest BCUT2D eigenvalue weighted by molar-refractivity contribution is 5.67. The van der Waals surface area contributed by atoms with E-state index in [1.165, 1.54) is 6.07 Å². The number of nitrogens with one attached hydrogen (secondary N) is 1. The SMILES string of the molecule is C=N/C(=C\NCC(=C)C)c1ccc(F)c(F)c1. The van der Waals surface area contributed by atoms with E-state index in [2.05, 4.69) is 23.6 Å². The predicted molar refractivity (Wildman–Crippen MR) is 66.7 cm³/mol. The van der Waals surface area contributed by atoms with Gasteiger partial charge >= 0.3 is 0 Å². The molecule has 0 atom stereocenters. The van der Waals surface area contributed by atoms with Crippen LogP contribution in [-0.2, 0) is 0 Å². The van der Waals surface area contributed by atoms with Crippen LogP contribution in [-0.4, -0.2) is 13.3 Å². The number of hydrogen-bond donors (Lipinski definition) is 1. The fraction of sp³-hybridized carbons (Fsp3) is 0.154. The van der Waals surface area contributed by atoms with E-state index in [1.54, 1.807) is 6.20 Å². The van der Waals surface area contributed by atoms with Gasteiger partial charge in [-0.15, -0.1) is 0 Å². The van der Waals surface area contributed by atoms with Crippen LogP contribution in [0.3, 0.4) is 0 Å². The Balaban J connectivity index is 2.89. The monoisotopic (exact) mass is 236 g/mol. The molecule has 0 unspecified atom stereocenters. The number of benzene rings is 1. The van der Waals surface area contributed by atoms with Crippen LogP contribution >= 0.6 is 0 Å². The van der Waals surface area contributed by atoms with E-state index in [4.69, 9.17) is 0 Å². The van der Waals surface area contributed by atoms with Crippen molar-refractivity contribution in [1.82, 2.24) is 5.32 Å². The summed E-state index contributed by atoms with van der Waals surface area (Å²) in [5, 5.41) is 2.96. The summed E-state index contributed by atoms with van der Waals surface area (Å²) in [6.07, 6.45) is 1.59. The molecule has 0 saturated carbocycles. The lowest BCUT2D eigenvalue weighted by Gasteiger charge is -2.04. The van der Waals surface area contributed by atoms with E-state index in [9.17, 15) is 8.78 Å². The Labute approximate surface area is 99.4 Å². The zero-order valence-corrected chi connectivity index (χ0v) is 9.63. The van der Waals surface area contributed by atoms with E-state index in [-0.39, 0.29) is 0 Å². The molecule has 1 rings (SSSR count). The van der Waals surface area contributed by atoms with Crippen LogP contribution in [0, 0.1) is 11.6 Å². The van der Waals surface area contributed by atoms with Crippen LogP contribution < -0.4 is 5.32 Å². The molecule has 17 heavy (non-hydrogen) atoms. The van der Waals surface area contributed by atoms with Crippen molar-refractivity contribution in [2.75, 3.05) is 6.54 Å². The molecule has 0 spiro atoms. The molecule has 2 nitrogen and oxygen atoms in total. The lowest BCUT2D eigenvalue weighted by molar-refractivity contribution is 0.508. The average molecular weight is 236 g/mol. The lowest BCUT2D eigenvalue weighted by atomic mass is 10.1. The van der Waals surface area contributed by atoms with Gasteiger partial charge in [-0.25, -0.2) is 8.78 Å². The van der Waals surface area contributed by atoms with Crippen molar-refractivity contribution < 1.29 is 8.78 Å². The van der Waals surface area contributed by atoms with Crippen LogP contribution in [0.5, 0.6) is 0 Å². The van der Waals surface area contributed by atoms with Gasteiger partial charge in [0.05, 0.1) is 5.70 Å². The lowest BCUT2D eigenvalue weighted by Crippen LogP contribution is -2.08. The highest BCUT2D eigenvalue weighted by atomic mass is 19.2. The summed E-state index contributed by atoms with van der Waals surface area (Å²) >= 11 is 0. The second kappa shape index (κ2) is 5.94. The highest BCUT2D eigenvalue weighted by Gasteiger charge is 2.05. The molecule has 0 fully saturated rings. The van der Waals surface area contributed by atoms with Gasteiger partial charge in [0.1, 0.15) is 0 Å². The van der Waals surface area contributed by atoms with Gasteiger partial charge in [0.2, 0.25) is 0 Å². The Kier molecular flexibility index (Phi) is 4.57. The minimum atomic E-state index is -0.906. The number of halogens is 2. The molecule has 0 saturated heterocycles. The van der Waals surface area contributed by atoms with Crippen molar-refractivity contribution in [3.05, 3.63) is 53.7 Å². The van der Waals surface area contributed by atoms with Gasteiger partial charge in [-0.3, -0.25) is 4.99 Å². The molecule has 0 amide bonds. The molecule has 90 valence electrons. The van der Waals surface area contributed by atoms with Crippen molar-refractivity contribution in [2.45, 2.75) is 6.92 Å². The smallest absolute Gasteiger partial charge is 0.159 e. The molecule has 1 aromatic rings. The van der Waals surface area contributed by atoms with Gasteiger partial charge in [-0.05, 0) is 31.8 Å². The molecule has 0 aliphatic rings. The molecule has 0 aromatic heterocycles. The minimum Gasteiger partial charge on any atom is -0.385 e. The summed E-state index contributed by atoms with van der Waals surface area (Å²) in [7, 11) is 0. The fourth-order valence-corrected chi connectivity index (χ4v) is 1.20. The van der Waals surface area contributed by atoms with Gasteiger partial charge in [0.15, 0.2) is 11.6 Å². The minimum absolute atomic E-state index is 0.449. The van der Waals surface area contributed by atoms with Crippen molar-refractivity contribution in [3.63, 3.8) is 0 Å². The Morgan fingerprint density at radius 2 is 2.12 bits per heavy atom. The zero-order chi connectivity index (χ0) is 12.8. The van der Waals surface area contributed by atoms with Crippen molar-refractivity contribution in [2.24, 2.45) is 4.99 Å². The standard InChI is InChI=1S/C13H14F2N2/c1-9(2)7-17-8-13(16-3)10-4-5-11(14)12(15)6-10/h4-6,8,17H,1,3,7H2,2H3/b13-8-. The Morgan fingerprint density at radius 1 is 1.41 bits per heavy atom. The van der Waals surface area contributed by atoms with Gasteiger partial charge < -0.3 is 5.32 Å². The largest absolute Gasteiger partial charge is 0.385 e. The molecular weight excluding hydrogens is 222 g/mol. The Hall–Kier alpha value is -1.97. The predicted octanol–water partition coefficient (Wildman–Crippen LogP) is 3.13. The zero-order valence-electron chi connectivity index (χ0n) is 9.63. The molecule has 1 N–H and O–H groups in total. The van der Waals surface area contributed by atoms with E-state index in [0.29, 0.717) is 17.8 Å². The maximum absolute atomic E-state index is 13.0. The Bertz CT molecular complexity index is 464. The number of rotatable bonds is 5. The van der Waals surface area contributed by atoms with E-state index >= 15 is 0 Å². The molecule has 0 radical (unpaired) electrons. The van der Waals surface area contributed by atoms with Crippen LogP contribution in [0.15, 0.2) is 41.5 Å². The summed E-state index contributed by atoms with van der Waals surface area (Å²) in [5.41, 5.74) is 1.87. The van der Waals surface area contributed by atoms with Crippen LogP contribution in [0.25, 0.3) is 5.70 Å². The van der Waals surface area contributed by atoms with Crippen LogP contribution in [0.2, 0.25) is 0 Å². The maximum atomic E-state index is 13.0. The quantitative estimate of drug-likeness (QED) is 0.616. The van der Waals surface area contributed by atoms with Crippen molar-refractivity contribution in [3.8, 4) is 0 Å². The summed E-state index contributed by atoms with van der Waals surface area (Å²) in [5.74, 6) is -1.79. The molecule has 1 aromatic carbocycles. The molecule has 0 heterocycles. The first kappa shape index (κ1) is 13.1. The third kappa shape index (κ3) is 3.83. The molecule has 0 aliphatic heterocycles. The van der Waals surface area contributed by atoms with Crippen molar-refractivity contribution >= 4 is 12.4 Å². The van der Waals surface area contributed by atoms with E-state index in [1.807, 2.05) is 6.92 Å². The normalized spacial score (nSPS) is 11.1. The Morgan fingerprint density at radius 3 is 2.65 bits per heavy atom. The number of hydrogen-bond acceptors (Lipinski definition) is 2. The first-order chi connectivity index (χ1) is 8.04. The number of nitrogens with zero attached hydrogens (tertiary/aromatic N) is 1. The maximum Gasteiger partial charge on any atom is 0.159 e. The highest BCUT2D eigenvalue weighted by Crippen LogP contribution is 2.17. The van der Waals surface area contributed by atoms with Gasteiger partial charge in [-0.1, -0.05) is 12.2 Å². The van der Waals surface area contributed by atoms with Gasteiger partial charge in [0.25, 0.3) is 0 Å². The van der Waals surface area contributed by atoms with Crippen LogP contribution in [0.4, 0.5) is 8.78 Å². The van der Waals surface area contributed by atoms with Gasteiger partial charge in [0, 0.05) is 18.3 Å². The van der Waals surface area contributed by atoms with Crippen molar-refractivity contribution in [1.29, 1.82) is 0 Å². The summed E-state index contributed by atoms with van der Waals surface area (Å²) in [6.45, 7) is 9.58. The van der Waals surface area contributed by atoms with E-state index in [0.717, 1.165) is 17.7 Å². The molecule has 4 heteroatoms.